The fourth-order valence-electron chi connectivity index (χ4n) is 2.43. The lowest BCUT2D eigenvalue weighted by molar-refractivity contribution is -0.121. The maximum absolute atomic E-state index is 11.9. The van der Waals surface area contributed by atoms with Gasteiger partial charge >= 0.3 is 0 Å². The Labute approximate surface area is 107 Å². The zero-order valence-electron chi connectivity index (χ0n) is 10.2. The second kappa shape index (κ2) is 5.54. The standard InChI is InChI=1S/C14H17N3O/c15-9-11-4-2-6-13(11)17-14(18)8-10-3-1-5-12(16)7-10/h1,3,5,7,11,13H,2,4,6,8,16H2,(H,17,18). The molecule has 1 aliphatic carbocycles. The molecule has 0 bridgehead atoms. The highest BCUT2D eigenvalue weighted by atomic mass is 16.1. The molecule has 94 valence electrons. The van der Waals surface area contributed by atoms with E-state index in [2.05, 4.69) is 11.4 Å². The van der Waals surface area contributed by atoms with Gasteiger partial charge in [-0.1, -0.05) is 12.1 Å². The van der Waals surface area contributed by atoms with Gasteiger partial charge < -0.3 is 11.1 Å². The number of hydrogen-bond acceptors (Lipinski definition) is 3. The van der Waals surface area contributed by atoms with Crippen molar-refractivity contribution in [2.45, 2.75) is 31.7 Å². The summed E-state index contributed by atoms with van der Waals surface area (Å²) in [5, 5.41) is 11.9. The van der Waals surface area contributed by atoms with Crippen molar-refractivity contribution in [2.24, 2.45) is 5.92 Å². The van der Waals surface area contributed by atoms with Gasteiger partial charge in [0.05, 0.1) is 18.4 Å². The van der Waals surface area contributed by atoms with Gasteiger partial charge in [-0.15, -0.1) is 0 Å². The van der Waals surface area contributed by atoms with Crippen LogP contribution in [0.15, 0.2) is 24.3 Å². The van der Waals surface area contributed by atoms with Crippen molar-refractivity contribution in [2.75, 3.05) is 5.73 Å². The first-order chi connectivity index (χ1) is 8.69. The van der Waals surface area contributed by atoms with Gasteiger partial charge in [-0.25, -0.2) is 0 Å². The molecule has 2 unspecified atom stereocenters. The SMILES string of the molecule is N#CC1CCCC1NC(=O)Cc1cccc(N)c1. The number of nitrogens with one attached hydrogen (secondary N) is 1. The van der Waals surface area contributed by atoms with Crippen molar-refractivity contribution in [3.05, 3.63) is 29.8 Å². The number of nitrogens with zero attached hydrogens (tertiary/aromatic N) is 1. The molecular weight excluding hydrogens is 226 g/mol. The third kappa shape index (κ3) is 3.01. The number of anilines is 1. The van der Waals surface area contributed by atoms with E-state index in [4.69, 9.17) is 11.0 Å². The summed E-state index contributed by atoms with van der Waals surface area (Å²) in [5.74, 6) is -0.0671. The second-order valence-corrected chi connectivity index (χ2v) is 4.76. The Bertz CT molecular complexity index is 478. The fourth-order valence-corrected chi connectivity index (χ4v) is 2.43. The molecule has 2 atom stereocenters. The van der Waals surface area contributed by atoms with Crippen LogP contribution in [0, 0.1) is 17.2 Å². The fraction of sp³-hybridized carbons (Fsp3) is 0.429. The topological polar surface area (TPSA) is 78.9 Å². The van der Waals surface area contributed by atoms with E-state index in [9.17, 15) is 4.79 Å². The average molecular weight is 243 g/mol. The predicted octanol–water partition coefficient (Wildman–Crippen LogP) is 1.62. The Kier molecular flexibility index (Phi) is 3.83. The molecule has 0 heterocycles. The van der Waals surface area contributed by atoms with E-state index in [0.29, 0.717) is 12.1 Å². The summed E-state index contributed by atoms with van der Waals surface area (Å²) in [6, 6.07) is 9.59. The monoisotopic (exact) mass is 243 g/mol. The molecule has 0 radical (unpaired) electrons. The molecule has 0 spiro atoms. The highest BCUT2D eigenvalue weighted by Crippen LogP contribution is 2.24. The molecule has 4 nitrogen and oxygen atoms in total. The summed E-state index contributed by atoms with van der Waals surface area (Å²) in [5.41, 5.74) is 7.23. The predicted molar refractivity (Wildman–Crippen MR) is 69.4 cm³/mol. The molecule has 1 fully saturated rings. The van der Waals surface area contributed by atoms with E-state index in [1.807, 2.05) is 12.1 Å². The third-order valence-electron chi connectivity index (χ3n) is 3.34. The normalized spacial score (nSPS) is 22.4. The summed E-state index contributed by atoms with van der Waals surface area (Å²) in [4.78, 5) is 11.9. The van der Waals surface area contributed by atoms with Crippen LogP contribution in [0.1, 0.15) is 24.8 Å². The zero-order valence-corrected chi connectivity index (χ0v) is 10.2. The van der Waals surface area contributed by atoms with Crippen LogP contribution in [-0.2, 0) is 11.2 Å². The molecule has 1 saturated carbocycles. The number of carbonyl (C=O) groups excluding carboxylic acids is 1. The summed E-state index contributed by atoms with van der Waals surface area (Å²) in [6.45, 7) is 0. The van der Waals surface area contributed by atoms with Gasteiger partial charge in [-0.3, -0.25) is 4.79 Å². The van der Waals surface area contributed by atoms with Gasteiger partial charge in [-0.2, -0.15) is 5.26 Å². The van der Waals surface area contributed by atoms with Crippen LogP contribution in [0.2, 0.25) is 0 Å². The van der Waals surface area contributed by atoms with Crippen molar-refractivity contribution >= 4 is 11.6 Å². The number of hydrogen-bond donors (Lipinski definition) is 2. The van der Waals surface area contributed by atoms with Crippen LogP contribution >= 0.6 is 0 Å². The Balaban J connectivity index is 1.91. The highest BCUT2D eigenvalue weighted by Gasteiger charge is 2.28. The maximum Gasteiger partial charge on any atom is 0.224 e. The lowest BCUT2D eigenvalue weighted by Crippen LogP contribution is -2.37. The van der Waals surface area contributed by atoms with Crippen LogP contribution < -0.4 is 11.1 Å². The molecule has 0 aliphatic heterocycles. The zero-order chi connectivity index (χ0) is 13.0. The lowest BCUT2D eigenvalue weighted by atomic mass is 10.0. The van der Waals surface area contributed by atoms with E-state index in [-0.39, 0.29) is 17.9 Å². The first kappa shape index (κ1) is 12.4. The van der Waals surface area contributed by atoms with Gasteiger partial charge in [-0.05, 0) is 37.0 Å². The molecule has 0 aromatic heterocycles. The van der Waals surface area contributed by atoms with Crippen molar-refractivity contribution in [1.29, 1.82) is 5.26 Å². The lowest BCUT2D eigenvalue weighted by Gasteiger charge is -2.15. The van der Waals surface area contributed by atoms with E-state index in [1.165, 1.54) is 0 Å². The summed E-state index contributed by atoms with van der Waals surface area (Å²) < 4.78 is 0. The number of carbonyl (C=O) groups is 1. The van der Waals surface area contributed by atoms with Crippen molar-refractivity contribution in [3.8, 4) is 6.07 Å². The minimum Gasteiger partial charge on any atom is -0.399 e. The molecule has 1 aromatic rings. The number of rotatable bonds is 3. The second-order valence-electron chi connectivity index (χ2n) is 4.76. The smallest absolute Gasteiger partial charge is 0.224 e. The van der Waals surface area contributed by atoms with Crippen LogP contribution in [0.4, 0.5) is 5.69 Å². The Morgan fingerprint density at radius 1 is 1.50 bits per heavy atom. The van der Waals surface area contributed by atoms with E-state index in [1.54, 1.807) is 12.1 Å². The Hall–Kier alpha value is -2.02. The summed E-state index contributed by atoms with van der Waals surface area (Å²) in [6.07, 6.45) is 3.13. The quantitative estimate of drug-likeness (QED) is 0.792. The van der Waals surface area contributed by atoms with Gasteiger partial charge in [0, 0.05) is 11.7 Å². The molecule has 1 aliphatic rings. The largest absolute Gasteiger partial charge is 0.399 e. The van der Waals surface area contributed by atoms with Crippen molar-refractivity contribution in [3.63, 3.8) is 0 Å². The minimum atomic E-state index is -0.0345. The van der Waals surface area contributed by atoms with E-state index >= 15 is 0 Å². The molecule has 1 amide bonds. The van der Waals surface area contributed by atoms with Gasteiger partial charge in [0.1, 0.15) is 0 Å². The van der Waals surface area contributed by atoms with Crippen molar-refractivity contribution in [1.82, 2.24) is 5.32 Å². The first-order valence-electron chi connectivity index (χ1n) is 6.22. The molecule has 2 rings (SSSR count). The minimum absolute atomic E-state index is 0.0172. The molecule has 1 aromatic carbocycles. The average Bonchev–Trinajstić information content (AvgIpc) is 2.76. The molecular formula is C14H17N3O. The van der Waals surface area contributed by atoms with Crippen LogP contribution in [0.5, 0.6) is 0 Å². The van der Waals surface area contributed by atoms with Crippen LogP contribution in [0.3, 0.4) is 0 Å². The highest BCUT2D eigenvalue weighted by molar-refractivity contribution is 5.79. The Morgan fingerprint density at radius 3 is 3.06 bits per heavy atom. The Morgan fingerprint density at radius 2 is 2.33 bits per heavy atom. The summed E-state index contributed by atoms with van der Waals surface area (Å²) in [7, 11) is 0. The molecule has 3 N–H and O–H groups in total. The molecule has 0 saturated heterocycles. The molecule has 4 heteroatoms. The van der Waals surface area contributed by atoms with Gasteiger partial charge in [0.15, 0.2) is 0 Å². The van der Waals surface area contributed by atoms with Crippen LogP contribution in [-0.4, -0.2) is 11.9 Å². The van der Waals surface area contributed by atoms with Crippen LogP contribution in [0.25, 0.3) is 0 Å². The van der Waals surface area contributed by atoms with Crippen molar-refractivity contribution < 1.29 is 4.79 Å². The van der Waals surface area contributed by atoms with E-state index in [0.717, 1.165) is 24.8 Å². The maximum atomic E-state index is 11.9. The van der Waals surface area contributed by atoms with E-state index < -0.39 is 0 Å². The molecule has 18 heavy (non-hydrogen) atoms. The number of nitrogen functional groups attached to an aromatic ring is 1. The number of nitriles is 1. The third-order valence-corrected chi connectivity index (χ3v) is 3.34. The first-order valence-corrected chi connectivity index (χ1v) is 6.22. The summed E-state index contributed by atoms with van der Waals surface area (Å²) >= 11 is 0. The van der Waals surface area contributed by atoms with Gasteiger partial charge in [0.25, 0.3) is 0 Å². The van der Waals surface area contributed by atoms with Gasteiger partial charge in [0.2, 0.25) is 5.91 Å². The number of nitrogens with two attached hydrogens (primary N) is 1. The number of benzene rings is 1. The number of amides is 1.